The second kappa shape index (κ2) is 10.3. The Morgan fingerprint density at radius 3 is 2.70 bits per heavy atom. The van der Waals surface area contributed by atoms with Gasteiger partial charge in [-0.3, -0.25) is 28.8 Å². The van der Waals surface area contributed by atoms with E-state index in [0.717, 1.165) is 11.3 Å². The number of fused-ring (bicyclic) bond motifs is 1. The molecule has 1 aromatic carbocycles. The van der Waals surface area contributed by atoms with Crippen molar-refractivity contribution in [1.82, 2.24) is 9.55 Å². The van der Waals surface area contributed by atoms with Gasteiger partial charge in [-0.25, -0.2) is 4.79 Å². The summed E-state index contributed by atoms with van der Waals surface area (Å²) in [5.41, 5.74) is 6.30. The SMILES string of the molecule is COCCN(C(=O)COc1ccc2c(c1)CCC(=O)N2)c1c(N)n(CC(C)C)c(=O)[nH]c1=O. The number of rotatable bonds is 9. The number of aromatic nitrogens is 2. The van der Waals surface area contributed by atoms with E-state index in [0.29, 0.717) is 18.6 Å². The third kappa shape index (κ3) is 5.61. The summed E-state index contributed by atoms with van der Waals surface area (Å²) in [5, 5.41) is 2.79. The molecule has 33 heavy (non-hydrogen) atoms. The number of ether oxygens (including phenoxy) is 2. The topological polar surface area (TPSA) is 149 Å². The van der Waals surface area contributed by atoms with Gasteiger partial charge >= 0.3 is 5.69 Å². The van der Waals surface area contributed by atoms with Gasteiger partial charge in [0.1, 0.15) is 11.6 Å². The predicted octanol–water partition coefficient (Wildman–Crippen LogP) is 0.718. The number of benzene rings is 1. The number of anilines is 3. The molecule has 11 nitrogen and oxygen atoms in total. The van der Waals surface area contributed by atoms with E-state index in [1.165, 1.54) is 16.6 Å². The zero-order valence-corrected chi connectivity index (χ0v) is 19.0. The number of aryl methyl sites for hydroxylation is 1. The van der Waals surface area contributed by atoms with Gasteiger partial charge in [0.2, 0.25) is 5.91 Å². The van der Waals surface area contributed by atoms with Crippen molar-refractivity contribution in [2.24, 2.45) is 5.92 Å². The minimum Gasteiger partial charge on any atom is -0.484 e. The molecule has 0 spiro atoms. The first-order valence-electron chi connectivity index (χ1n) is 10.7. The number of H-pyrrole nitrogens is 1. The molecule has 2 heterocycles. The maximum atomic E-state index is 13.1. The van der Waals surface area contributed by atoms with Gasteiger partial charge in [-0.05, 0) is 36.1 Å². The zero-order chi connectivity index (χ0) is 24.1. The van der Waals surface area contributed by atoms with Gasteiger partial charge in [0, 0.05) is 32.3 Å². The van der Waals surface area contributed by atoms with Crippen molar-refractivity contribution >= 4 is 29.0 Å². The summed E-state index contributed by atoms with van der Waals surface area (Å²) in [6.07, 6.45) is 0.962. The molecule has 4 N–H and O–H groups in total. The Morgan fingerprint density at radius 2 is 2.00 bits per heavy atom. The normalized spacial score (nSPS) is 12.9. The average Bonchev–Trinajstić information content (AvgIpc) is 2.76. The van der Waals surface area contributed by atoms with E-state index in [1.807, 2.05) is 13.8 Å². The minimum atomic E-state index is -0.758. The van der Waals surface area contributed by atoms with E-state index in [4.69, 9.17) is 15.2 Å². The molecule has 0 aliphatic carbocycles. The van der Waals surface area contributed by atoms with Crippen LogP contribution in [0.25, 0.3) is 0 Å². The van der Waals surface area contributed by atoms with Gasteiger partial charge < -0.3 is 20.5 Å². The largest absolute Gasteiger partial charge is 0.484 e. The molecule has 0 saturated heterocycles. The number of hydrogen-bond donors (Lipinski definition) is 3. The van der Waals surface area contributed by atoms with E-state index < -0.39 is 17.2 Å². The number of methoxy groups -OCH3 is 1. The van der Waals surface area contributed by atoms with E-state index in [9.17, 15) is 19.2 Å². The molecule has 11 heteroatoms. The molecule has 3 rings (SSSR count). The third-order valence-corrected chi connectivity index (χ3v) is 5.19. The lowest BCUT2D eigenvalue weighted by Gasteiger charge is -2.25. The van der Waals surface area contributed by atoms with Gasteiger partial charge in [0.25, 0.3) is 11.5 Å². The van der Waals surface area contributed by atoms with Crippen LogP contribution >= 0.6 is 0 Å². The van der Waals surface area contributed by atoms with Crippen molar-refractivity contribution < 1.29 is 19.1 Å². The number of nitrogens with two attached hydrogens (primary N) is 1. The number of aromatic amines is 1. The summed E-state index contributed by atoms with van der Waals surface area (Å²) in [7, 11) is 1.47. The van der Waals surface area contributed by atoms with E-state index in [-0.39, 0.29) is 49.6 Å². The smallest absolute Gasteiger partial charge is 0.330 e. The van der Waals surface area contributed by atoms with Gasteiger partial charge in [-0.15, -0.1) is 0 Å². The van der Waals surface area contributed by atoms with Crippen molar-refractivity contribution in [1.29, 1.82) is 0 Å². The summed E-state index contributed by atoms with van der Waals surface area (Å²) in [4.78, 5) is 52.9. The molecule has 0 atom stereocenters. The van der Waals surface area contributed by atoms with Crippen LogP contribution in [0.2, 0.25) is 0 Å². The van der Waals surface area contributed by atoms with Crippen LogP contribution in [0.15, 0.2) is 27.8 Å². The standard InChI is InChI=1S/C22H29N5O6/c1-13(2)11-27-20(23)19(21(30)25-22(27)31)26(8-9-32-3)18(29)12-33-15-5-6-16-14(10-15)4-7-17(28)24-16/h5-6,10,13H,4,7-9,11-12,23H2,1-3H3,(H,24,28)(H,25,30,31). The molecule has 1 aromatic heterocycles. The van der Waals surface area contributed by atoms with E-state index >= 15 is 0 Å². The average molecular weight is 460 g/mol. The van der Waals surface area contributed by atoms with Crippen LogP contribution in [0, 0.1) is 5.92 Å². The molecule has 1 aliphatic heterocycles. The van der Waals surface area contributed by atoms with Gasteiger partial charge in [0.15, 0.2) is 12.3 Å². The molecule has 2 aromatic rings. The Hall–Kier alpha value is -3.60. The third-order valence-electron chi connectivity index (χ3n) is 5.19. The summed E-state index contributed by atoms with van der Waals surface area (Å²) in [6.45, 7) is 3.92. The van der Waals surface area contributed by atoms with Crippen LogP contribution in [0.3, 0.4) is 0 Å². The fourth-order valence-electron chi connectivity index (χ4n) is 3.60. The molecule has 0 fully saturated rings. The van der Waals surface area contributed by atoms with Crippen molar-refractivity contribution in [3.63, 3.8) is 0 Å². The van der Waals surface area contributed by atoms with Crippen LogP contribution in [-0.2, 0) is 27.3 Å². The Kier molecular flexibility index (Phi) is 7.54. The Morgan fingerprint density at radius 1 is 1.24 bits per heavy atom. The monoisotopic (exact) mass is 459 g/mol. The van der Waals surface area contributed by atoms with Crippen LogP contribution in [-0.4, -0.2) is 48.2 Å². The molecular formula is C22H29N5O6. The Bertz CT molecular complexity index is 1150. The quantitative estimate of drug-likeness (QED) is 0.500. The van der Waals surface area contributed by atoms with E-state index in [2.05, 4.69) is 10.3 Å². The Labute approximate surface area is 190 Å². The van der Waals surface area contributed by atoms with Crippen molar-refractivity contribution in [2.75, 3.05) is 42.8 Å². The maximum Gasteiger partial charge on any atom is 0.330 e. The summed E-state index contributed by atoms with van der Waals surface area (Å²) >= 11 is 0. The number of nitrogens with zero attached hydrogens (tertiary/aromatic N) is 2. The highest BCUT2D eigenvalue weighted by Crippen LogP contribution is 2.27. The molecule has 0 saturated carbocycles. The molecule has 2 amide bonds. The van der Waals surface area contributed by atoms with Crippen LogP contribution in [0.1, 0.15) is 25.8 Å². The van der Waals surface area contributed by atoms with Crippen molar-refractivity contribution in [3.8, 4) is 5.75 Å². The summed E-state index contributed by atoms with van der Waals surface area (Å²) in [5.74, 6) is -0.112. The van der Waals surface area contributed by atoms with Crippen LogP contribution in [0.4, 0.5) is 17.2 Å². The van der Waals surface area contributed by atoms with E-state index in [1.54, 1.807) is 18.2 Å². The van der Waals surface area contributed by atoms with Gasteiger partial charge in [0.05, 0.1) is 6.61 Å². The predicted molar refractivity (Wildman–Crippen MR) is 124 cm³/mol. The lowest BCUT2D eigenvalue weighted by Crippen LogP contribution is -2.44. The second-order valence-electron chi connectivity index (χ2n) is 8.19. The van der Waals surface area contributed by atoms with Gasteiger partial charge in [-0.2, -0.15) is 0 Å². The highest BCUT2D eigenvalue weighted by molar-refractivity contribution is 5.96. The van der Waals surface area contributed by atoms with Gasteiger partial charge in [-0.1, -0.05) is 13.8 Å². The fourth-order valence-corrected chi connectivity index (χ4v) is 3.60. The summed E-state index contributed by atoms with van der Waals surface area (Å²) in [6, 6.07) is 5.14. The fraction of sp³-hybridized carbons (Fsp3) is 0.455. The highest BCUT2D eigenvalue weighted by Gasteiger charge is 2.25. The lowest BCUT2D eigenvalue weighted by atomic mass is 10.0. The highest BCUT2D eigenvalue weighted by atomic mass is 16.5. The molecule has 178 valence electrons. The molecular weight excluding hydrogens is 430 g/mol. The molecule has 1 aliphatic rings. The first-order chi connectivity index (χ1) is 15.7. The number of nitrogens with one attached hydrogen (secondary N) is 2. The van der Waals surface area contributed by atoms with Crippen LogP contribution < -0.4 is 31.9 Å². The molecule has 0 unspecified atom stereocenters. The second-order valence-corrected chi connectivity index (χ2v) is 8.19. The first kappa shape index (κ1) is 24.1. The van der Waals surface area contributed by atoms with Crippen LogP contribution in [0.5, 0.6) is 5.75 Å². The zero-order valence-electron chi connectivity index (χ0n) is 19.0. The number of carbonyl (C=O) groups is 2. The first-order valence-corrected chi connectivity index (χ1v) is 10.7. The van der Waals surface area contributed by atoms with Crippen molar-refractivity contribution in [2.45, 2.75) is 33.2 Å². The number of carbonyl (C=O) groups excluding carboxylic acids is 2. The Balaban J connectivity index is 1.85. The molecule has 0 bridgehead atoms. The number of nitrogen functional groups attached to an aromatic ring is 1. The maximum absolute atomic E-state index is 13.1. The number of amides is 2. The summed E-state index contributed by atoms with van der Waals surface area (Å²) < 4.78 is 12.0. The lowest BCUT2D eigenvalue weighted by molar-refractivity contribution is -0.120. The number of hydrogen-bond acceptors (Lipinski definition) is 7. The minimum absolute atomic E-state index is 0.0401. The molecule has 0 radical (unpaired) electrons. The van der Waals surface area contributed by atoms with Crippen molar-refractivity contribution in [3.05, 3.63) is 44.6 Å².